The van der Waals surface area contributed by atoms with Crippen LogP contribution in [0, 0.1) is 4.91 Å². The molecule has 1 aromatic rings. The number of alkyl halides is 1. The fourth-order valence-corrected chi connectivity index (χ4v) is 4.71. The standard InChI is InChI=1S/C15H12BrN5O6S2/c16-3-8(22)9(19-27)12(23)17-10-13(24)21-11(15(25)26)6(4-28-14(10)21)1-2-7-5-29-20-18-7/h1-2,5,10,14,22H,3-4H2,(H,17,23)(H,25,26)/b2-1-,9-8?/t10?,14-/m0/s1. The maximum atomic E-state index is 12.5. The molecular formula is C15H12BrN5O6S2. The molecule has 29 heavy (non-hydrogen) atoms. The molecule has 3 N–H and O–H groups in total. The van der Waals surface area contributed by atoms with Crippen molar-refractivity contribution in [3.8, 4) is 0 Å². The Labute approximate surface area is 179 Å². The number of fused-ring (bicyclic) bond motifs is 1. The summed E-state index contributed by atoms with van der Waals surface area (Å²) < 4.78 is 3.71. The molecule has 3 heterocycles. The molecule has 152 valence electrons. The van der Waals surface area contributed by atoms with E-state index < -0.39 is 40.7 Å². The number of nitroso groups, excluding NO2 is 1. The van der Waals surface area contributed by atoms with Gasteiger partial charge in [0.1, 0.15) is 22.9 Å². The van der Waals surface area contributed by atoms with E-state index in [1.165, 1.54) is 11.8 Å². The van der Waals surface area contributed by atoms with Crippen LogP contribution in [0.3, 0.4) is 0 Å². The van der Waals surface area contributed by atoms with Crippen molar-refractivity contribution in [3.05, 3.63) is 44.8 Å². The molecule has 1 fully saturated rings. The number of β-lactam (4-membered cyclic amide) rings is 1. The number of thioether (sulfide) groups is 1. The largest absolute Gasteiger partial charge is 0.509 e. The van der Waals surface area contributed by atoms with Gasteiger partial charge < -0.3 is 15.5 Å². The smallest absolute Gasteiger partial charge is 0.352 e. The fraction of sp³-hybridized carbons (Fsp3) is 0.267. The minimum atomic E-state index is -1.28. The summed E-state index contributed by atoms with van der Waals surface area (Å²) in [6.07, 6.45) is 3.16. The van der Waals surface area contributed by atoms with Crippen LogP contribution in [0.2, 0.25) is 0 Å². The highest BCUT2D eigenvalue weighted by atomic mass is 79.9. The van der Waals surface area contributed by atoms with E-state index in [4.69, 9.17) is 0 Å². The van der Waals surface area contributed by atoms with Gasteiger partial charge in [-0.2, -0.15) is 0 Å². The summed E-state index contributed by atoms with van der Waals surface area (Å²) in [7, 11) is 0. The van der Waals surface area contributed by atoms with E-state index >= 15 is 0 Å². The molecule has 2 atom stereocenters. The van der Waals surface area contributed by atoms with E-state index in [0.29, 0.717) is 11.3 Å². The van der Waals surface area contributed by atoms with Gasteiger partial charge in [-0.1, -0.05) is 26.5 Å². The monoisotopic (exact) mass is 501 g/mol. The van der Waals surface area contributed by atoms with Crippen LogP contribution >= 0.6 is 39.2 Å². The van der Waals surface area contributed by atoms with Crippen molar-refractivity contribution in [1.82, 2.24) is 19.8 Å². The molecule has 0 aromatic carbocycles. The molecule has 14 heteroatoms. The van der Waals surface area contributed by atoms with Crippen LogP contribution in [0.1, 0.15) is 5.69 Å². The Kier molecular flexibility index (Phi) is 6.44. The van der Waals surface area contributed by atoms with Crippen LogP contribution in [-0.4, -0.2) is 65.0 Å². The van der Waals surface area contributed by atoms with E-state index in [1.54, 1.807) is 17.5 Å². The number of allylic oxidation sites excluding steroid dienone is 2. The molecule has 0 saturated carbocycles. The first-order valence-electron chi connectivity index (χ1n) is 7.87. The van der Waals surface area contributed by atoms with E-state index in [9.17, 15) is 29.5 Å². The predicted octanol–water partition coefficient (Wildman–Crippen LogP) is 1.22. The topological polar surface area (TPSA) is 162 Å². The quantitative estimate of drug-likeness (QED) is 0.164. The van der Waals surface area contributed by atoms with E-state index in [1.807, 2.05) is 0 Å². The second-order valence-corrected chi connectivity index (χ2v) is 8.00. The molecule has 2 amide bonds. The fourth-order valence-electron chi connectivity index (χ4n) is 2.70. The Morgan fingerprint density at radius 2 is 2.17 bits per heavy atom. The Morgan fingerprint density at radius 3 is 2.76 bits per heavy atom. The molecule has 0 spiro atoms. The highest BCUT2D eigenvalue weighted by Crippen LogP contribution is 2.40. The van der Waals surface area contributed by atoms with Crippen molar-refractivity contribution in [2.75, 3.05) is 11.1 Å². The zero-order valence-corrected chi connectivity index (χ0v) is 17.5. The lowest BCUT2D eigenvalue weighted by molar-refractivity contribution is -0.150. The minimum Gasteiger partial charge on any atom is -0.509 e. The SMILES string of the molecule is O=NC(C(=O)NC1C(=O)N2C(C(=O)O)=C(/C=C\c3csnn3)CS[C@@H]12)=C(O)CBr. The van der Waals surface area contributed by atoms with Gasteiger partial charge in [0.05, 0.1) is 11.0 Å². The summed E-state index contributed by atoms with van der Waals surface area (Å²) in [6, 6.07) is -1.05. The molecule has 0 radical (unpaired) electrons. The third-order valence-corrected chi connectivity index (χ3v) is 6.38. The van der Waals surface area contributed by atoms with E-state index in [-0.39, 0.29) is 16.8 Å². The highest BCUT2D eigenvalue weighted by molar-refractivity contribution is 9.09. The van der Waals surface area contributed by atoms with Crippen molar-refractivity contribution in [2.24, 2.45) is 5.18 Å². The Hall–Kier alpha value is -2.58. The summed E-state index contributed by atoms with van der Waals surface area (Å²) in [4.78, 5) is 48.3. The molecule has 1 aromatic heterocycles. The van der Waals surface area contributed by atoms with Crippen molar-refractivity contribution in [3.63, 3.8) is 0 Å². The van der Waals surface area contributed by atoms with Gasteiger partial charge in [0.15, 0.2) is 0 Å². The van der Waals surface area contributed by atoms with E-state index in [0.717, 1.165) is 16.4 Å². The van der Waals surface area contributed by atoms with Crippen molar-refractivity contribution < 1.29 is 24.6 Å². The molecule has 0 aliphatic carbocycles. The number of halogens is 1. The molecule has 1 unspecified atom stereocenters. The van der Waals surface area contributed by atoms with Crippen molar-refractivity contribution in [1.29, 1.82) is 0 Å². The highest BCUT2D eigenvalue weighted by Gasteiger charge is 2.54. The van der Waals surface area contributed by atoms with Gasteiger partial charge in [-0.15, -0.1) is 21.8 Å². The lowest BCUT2D eigenvalue weighted by atomic mass is 10.0. The zero-order chi connectivity index (χ0) is 21.1. The number of carbonyl (C=O) groups excluding carboxylic acids is 2. The summed E-state index contributed by atoms with van der Waals surface area (Å²) in [5.74, 6) is -3.24. The van der Waals surface area contributed by atoms with Crippen molar-refractivity contribution >= 4 is 63.1 Å². The van der Waals surface area contributed by atoms with Crippen LogP contribution < -0.4 is 5.32 Å². The first kappa shape index (κ1) is 21.1. The number of carbonyl (C=O) groups is 3. The van der Waals surface area contributed by atoms with Gasteiger partial charge in [0, 0.05) is 11.1 Å². The molecule has 0 bridgehead atoms. The number of hydrogen-bond donors (Lipinski definition) is 3. The van der Waals surface area contributed by atoms with Gasteiger partial charge in [-0.25, -0.2) is 4.79 Å². The number of aliphatic carboxylic acids is 1. The van der Waals surface area contributed by atoms with Crippen LogP contribution in [0.15, 0.2) is 39.4 Å². The number of carboxylic acids is 1. The first-order chi connectivity index (χ1) is 13.9. The molecular weight excluding hydrogens is 490 g/mol. The lowest BCUT2D eigenvalue weighted by Gasteiger charge is -2.49. The number of amides is 2. The summed E-state index contributed by atoms with van der Waals surface area (Å²) >= 11 is 5.30. The Morgan fingerprint density at radius 1 is 1.41 bits per heavy atom. The van der Waals surface area contributed by atoms with Gasteiger partial charge in [0.25, 0.3) is 11.8 Å². The molecule has 1 saturated heterocycles. The van der Waals surface area contributed by atoms with Crippen LogP contribution in [0.4, 0.5) is 0 Å². The van der Waals surface area contributed by atoms with Gasteiger partial charge >= 0.3 is 5.97 Å². The number of rotatable bonds is 7. The summed E-state index contributed by atoms with van der Waals surface area (Å²) in [6.45, 7) is 0. The van der Waals surface area contributed by atoms with Crippen LogP contribution in [0.5, 0.6) is 0 Å². The first-order valence-corrected chi connectivity index (χ1v) is 10.9. The number of hydrogen-bond acceptors (Lipinski definition) is 10. The number of carboxylic acid groups (broad SMARTS) is 1. The second kappa shape index (κ2) is 8.84. The number of aromatic nitrogens is 2. The van der Waals surface area contributed by atoms with Crippen LogP contribution in [0.25, 0.3) is 6.08 Å². The summed E-state index contributed by atoms with van der Waals surface area (Å²) in [5, 5.41) is 28.7. The summed E-state index contributed by atoms with van der Waals surface area (Å²) in [5.41, 5.74) is 0.0448. The van der Waals surface area contributed by atoms with Gasteiger partial charge in [-0.3, -0.25) is 14.5 Å². The molecule has 2 aliphatic rings. The second-order valence-electron chi connectivity index (χ2n) is 5.72. The average molecular weight is 502 g/mol. The Bertz CT molecular complexity index is 960. The maximum absolute atomic E-state index is 12.5. The zero-order valence-electron chi connectivity index (χ0n) is 14.3. The number of aliphatic hydroxyl groups excluding tert-OH is 1. The minimum absolute atomic E-state index is 0.166. The van der Waals surface area contributed by atoms with E-state index in [2.05, 4.69) is 36.0 Å². The molecule has 11 nitrogen and oxygen atoms in total. The Balaban J connectivity index is 1.81. The third-order valence-electron chi connectivity index (χ3n) is 4.03. The third kappa shape index (κ3) is 4.09. The van der Waals surface area contributed by atoms with Gasteiger partial charge in [-0.05, 0) is 28.4 Å². The molecule has 2 aliphatic heterocycles. The lowest BCUT2D eigenvalue weighted by Crippen LogP contribution is -2.70. The predicted molar refractivity (Wildman–Crippen MR) is 108 cm³/mol. The number of nitrogens with one attached hydrogen (secondary N) is 1. The van der Waals surface area contributed by atoms with Gasteiger partial charge in [0.2, 0.25) is 5.70 Å². The molecule has 3 rings (SSSR count). The van der Waals surface area contributed by atoms with Crippen molar-refractivity contribution in [2.45, 2.75) is 11.4 Å². The normalized spacial score (nSPS) is 22.1. The van der Waals surface area contributed by atoms with Crippen LogP contribution in [-0.2, 0) is 14.4 Å². The average Bonchev–Trinajstić information content (AvgIpc) is 3.23. The number of aliphatic hydroxyl groups is 1. The maximum Gasteiger partial charge on any atom is 0.352 e. The number of nitrogens with zero attached hydrogens (tertiary/aromatic N) is 4.